The lowest BCUT2D eigenvalue weighted by molar-refractivity contribution is 0.424. The van der Waals surface area contributed by atoms with Crippen molar-refractivity contribution >= 4 is 27.7 Å². The van der Waals surface area contributed by atoms with Crippen molar-refractivity contribution in [2.75, 3.05) is 0 Å². The molecule has 0 bridgehead atoms. The minimum absolute atomic E-state index is 0.125. The first kappa shape index (κ1) is 15.5. The van der Waals surface area contributed by atoms with Gasteiger partial charge in [-0.05, 0) is 54.4 Å². The van der Waals surface area contributed by atoms with Crippen LogP contribution in [0.15, 0.2) is 51.2 Å². The van der Waals surface area contributed by atoms with Crippen LogP contribution in [0.4, 0.5) is 0 Å². The van der Waals surface area contributed by atoms with Gasteiger partial charge in [-0.15, -0.1) is 0 Å². The van der Waals surface area contributed by atoms with Gasteiger partial charge in [0.25, 0.3) is 0 Å². The van der Waals surface area contributed by atoms with Crippen LogP contribution in [0.5, 0.6) is 0 Å². The lowest BCUT2D eigenvalue weighted by atomic mass is 10.1. The summed E-state index contributed by atoms with van der Waals surface area (Å²) < 4.78 is 1.08. The molecule has 0 aliphatic rings. The van der Waals surface area contributed by atoms with Crippen molar-refractivity contribution in [3.05, 3.63) is 46.8 Å². The average Bonchev–Trinajstić information content (AvgIpc) is 2.40. The summed E-state index contributed by atoms with van der Waals surface area (Å²) in [4.78, 5) is 9.49. The van der Waals surface area contributed by atoms with Gasteiger partial charge < -0.3 is 5.32 Å². The number of hydrogen-bond donors (Lipinski definition) is 1. The Morgan fingerprint density at radius 3 is 2.65 bits per heavy atom. The molecule has 0 saturated carbocycles. The van der Waals surface area contributed by atoms with Crippen molar-refractivity contribution in [2.45, 2.75) is 42.8 Å². The second-order valence-electron chi connectivity index (χ2n) is 5.51. The predicted molar refractivity (Wildman–Crippen MR) is 86.9 cm³/mol. The molecule has 0 saturated heterocycles. The Labute approximate surface area is 132 Å². The zero-order valence-electron chi connectivity index (χ0n) is 11.9. The van der Waals surface area contributed by atoms with E-state index in [0.717, 1.165) is 20.9 Å². The molecule has 20 heavy (non-hydrogen) atoms. The third-order valence-corrected chi connectivity index (χ3v) is 4.49. The van der Waals surface area contributed by atoms with Crippen LogP contribution in [-0.4, -0.2) is 15.5 Å². The SMILES string of the molecule is CC(C)(C)NCc1ccc(Sc2cnccn2)c(Br)c1. The molecule has 2 aromatic rings. The van der Waals surface area contributed by atoms with Crippen molar-refractivity contribution in [1.82, 2.24) is 15.3 Å². The van der Waals surface area contributed by atoms with E-state index in [0.29, 0.717) is 0 Å². The molecule has 0 radical (unpaired) electrons. The molecular formula is C15H18BrN3S. The molecule has 0 unspecified atom stereocenters. The number of hydrogen-bond acceptors (Lipinski definition) is 4. The molecule has 1 aromatic carbocycles. The van der Waals surface area contributed by atoms with Crippen molar-refractivity contribution in [2.24, 2.45) is 0 Å². The molecule has 2 rings (SSSR count). The van der Waals surface area contributed by atoms with E-state index in [1.165, 1.54) is 5.56 Å². The van der Waals surface area contributed by atoms with Gasteiger partial charge in [-0.2, -0.15) is 0 Å². The van der Waals surface area contributed by atoms with Gasteiger partial charge in [0.15, 0.2) is 0 Å². The molecule has 106 valence electrons. The molecule has 0 fully saturated rings. The fraction of sp³-hybridized carbons (Fsp3) is 0.333. The maximum absolute atomic E-state index is 4.27. The zero-order valence-corrected chi connectivity index (χ0v) is 14.3. The van der Waals surface area contributed by atoms with Crippen LogP contribution in [0, 0.1) is 0 Å². The minimum Gasteiger partial charge on any atom is -0.308 e. The van der Waals surface area contributed by atoms with Gasteiger partial charge in [-0.3, -0.25) is 4.98 Å². The number of halogens is 1. The van der Waals surface area contributed by atoms with Gasteiger partial charge >= 0.3 is 0 Å². The van der Waals surface area contributed by atoms with Gasteiger partial charge in [-0.1, -0.05) is 17.8 Å². The van der Waals surface area contributed by atoms with Crippen molar-refractivity contribution in [1.29, 1.82) is 0 Å². The standard InChI is InChI=1S/C15H18BrN3S/c1-15(2,3)19-9-11-4-5-13(12(16)8-11)20-14-10-17-6-7-18-14/h4-8,10,19H,9H2,1-3H3. The second-order valence-corrected chi connectivity index (χ2v) is 7.43. The van der Waals surface area contributed by atoms with Gasteiger partial charge in [0, 0.05) is 33.8 Å². The summed E-state index contributed by atoms with van der Waals surface area (Å²) in [6.07, 6.45) is 5.16. The monoisotopic (exact) mass is 351 g/mol. The van der Waals surface area contributed by atoms with Crippen LogP contribution in [0.25, 0.3) is 0 Å². The Morgan fingerprint density at radius 1 is 1.25 bits per heavy atom. The molecule has 0 spiro atoms. The second kappa shape index (κ2) is 6.70. The van der Waals surface area contributed by atoms with E-state index in [4.69, 9.17) is 0 Å². The average molecular weight is 352 g/mol. The largest absolute Gasteiger partial charge is 0.308 e. The molecule has 0 atom stereocenters. The molecule has 0 aliphatic heterocycles. The summed E-state index contributed by atoms with van der Waals surface area (Å²) in [5.41, 5.74) is 1.38. The maximum Gasteiger partial charge on any atom is 0.119 e. The Morgan fingerprint density at radius 2 is 2.05 bits per heavy atom. The van der Waals surface area contributed by atoms with Gasteiger partial charge in [0.1, 0.15) is 5.03 Å². The fourth-order valence-electron chi connectivity index (χ4n) is 1.56. The minimum atomic E-state index is 0.125. The summed E-state index contributed by atoms with van der Waals surface area (Å²) in [6.45, 7) is 7.36. The highest BCUT2D eigenvalue weighted by Crippen LogP contribution is 2.32. The van der Waals surface area contributed by atoms with Crippen LogP contribution >= 0.6 is 27.7 Å². The van der Waals surface area contributed by atoms with E-state index >= 15 is 0 Å². The number of aromatic nitrogens is 2. The summed E-state index contributed by atoms with van der Waals surface area (Å²) in [6, 6.07) is 6.41. The Bertz CT molecular complexity index is 567. The number of nitrogens with one attached hydrogen (secondary N) is 1. The first-order valence-electron chi connectivity index (χ1n) is 6.41. The summed E-state index contributed by atoms with van der Waals surface area (Å²) in [5.74, 6) is 0. The summed E-state index contributed by atoms with van der Waals surface area (Å²) >= 11 is 5.23. The van der Waals surface area contributed by atoms with Crippen LogP contribution in [0.2, 0.25) is 0 Å². The lowest BCUT2D eigenvalue weighted by Gasteiger charge is -2.20. The van der Waals surface area contributed by atoms with E-state index in [-0.39, 0.29) is 5.54 Å². The first-order valence-corrected chi connectivity index (χ1v) is 8.02. The predicted octanol–water partition coefficient (Wildman–Crippen LogP) is 4.28. The van der Waals surface area contributed by atoms with Gasteiger partial charge in [0.05, 0.1) is 6.20 Å². The Hall–Kier alpha value is -0.910. The topological polar surface area (TPSA) is 37.8 Å². The smallest absolute Gasteiger partial charge is 0.119 e. The fourth-order valence-corrected chi connectivity index (χ4v) is 2.97. The summed E-state index contributed by atoms with van der Waals surface area (Å²) in [7, 11) is 0. The molecule has 5 heteroatoms. The number of nitrogens with zero attached hydrogens (tertiary/aromatic N) is 2. The van der Waals surface area contributed by atoms with Crippen LogP contribution in [0.3, 0.4) is 0 Å². The van der Waals surface area contributed by atoms with E-state index in [1.807, 2.05) is 0 Å². The van der Waals surface area contributed by atoms with E-state index in [2.05, 4.69) is 70.2 Å². The van der Waals surface area contributed by atoms with E-state index in [9.17, 15) is 0 Å². The van der Waals surface area contributed by atoms with Crippen molar-refractivity contribution in [3.8, 4) is 0 Å². The lowest BCUT2D eigenvalue weighted by Crippen LogP contribution is -2.35. The highest BCUT2D eigenvalue weighted by atomic mass is 79.9. The normalized spacial score (nSPS) is 11.6. The van der Waals surface area contributed by atoms with Crippen LogP contribution in [0.1, 0.15) is 26.3 Å². The molecule has 0 amide bonds. The van der Waals surface area contributed by atoms with E-state index < -0.39 is 0 Å². The molecular weight excluding hydrogens is 334 g/mol. The molecule has 3 nitrogen and oxygen atoms in total. The third-order valence-electron chi connectivity index (χ3n) is 2.57. The first-order chi connectivity index (χ1) is 9.44. The molecule has 1 aromatic heterocycles. The van der Waals surface area contributed by atoms with Crippen molar-refractivity contribution in [3.63, 3.8) is 0 Å². The molecule has 0 aliphatic carbocycles. The van der Waals surface area contributed by atoms with Gasteiger partial charge in [-0.25, -0.2) is 4.98 Å². The summed E-state index contributed by atoms with van der Waals surface area (Å²) in [5, 5.41) is 4.38. The maximum atomic E-state index is 4.27. The van der Waals surface area contributed by atoms with E-state index in [1.54, 1.807) is 30.4 Å². The number of benzene rings is 1. The Balaban J connectivity index is 2.06. The van der Waals surface area contributed by atoms with Crippen molar-refractivity contribution < 1.29 is 0 Å². The van der Waals surface area contributed by atoms with Crippen LogP contribution < -0.4 is 5.32 Å². The molecule has 1 heterocycles. The third kappa shape index (κ3) is 4.89. The quantitative estimate of drug-likeness (QED) is 0.891. The van der Waals surface area contributed by atoms with Crippen LogP contribution in [-0.2, 0) is 6.54 Å². The Kier molecular flexibility index (Phi) is 5.18. The highest BCUT2D eigenvalue weighted by Gasteiger charge is 2.09. The number of rotatable bonds is 4. The zero-order chi connectivity index (χ0) is 14.6. The molecule has 1 N–H and O–H groups in total. The highest BCUT2D eigenvalue weighted by molar-refractivity contribution is 9.10. The van der Waals surface area contributed by atoms with Gasteiger partial charge in [0.2, 0.25) is 0 Å².